The molecule has 0 bridgehead atoms. The van der Waals surface area contributed by atoms with Crippen LogP contribution in [0.2, 0.25) is 0 Å². The quantitative estimate of drug-likeness (QED) is 0.711. The summed E-state index contributed by atoms with van der Waals surface area (Å²) in [6.45, 7) is 1.09. The average Bonchev–Trinajstić information content (AvgIpc) is 2.98. The number of hydrogen-bond acceptors (Lipinski definition) is 4. The minimum absolute atomic E-state index is 0.00473. The van der Waals surface area contributed by atoms with E-state index >= 15 is 0 Å². The molecule has 2 aliphatic rings. The summed E-state index contributed by atoms with van der Waals surface area (Å²) in [5.74, 6) is 0.134. The lowest BCUT2D eigenvalue weighted by molar-refractivity contribution is -0.135. The molecule has 2 amide bonds. The van der Waals surface area contributed by atoms with Crippen LogP contribution in [0.25, 0.3) is 0 Å². The third-order valence-corrected chi connectivity index (χ3v) is 8.07. The molecule has 0 N–H and O–H groups in total. The molecule has 0 aliphatic carbocycles. The Morgan fingerprint density at radius 1 is 1.13 bits per heavy atom. The normalized spacial score (nSPS) is 20.3. The van der Waals surface area contributed by atoms with Gasteiger partial charge in [-0.05, 0) is 35.4 Å². The molecular formula is C23H25FN2O4S. The van der Waals surface area contributed by atoms with Gasteiger partial charge in [-0.1, -0.05) is 24.3 Å². The van der Waals surface area contributed by atoms with Crippen LogP contribution in [0, 0.1) is 5.82 Å². The van der Waals surface area contributed by atoms with Crippen LogP contribution < -0.4 is 4.74 Å². The zero-order valence-electron chi connectivity index (χ0n) is 17.4. The van der Waals surface area contributed by atoms with E-state index in [9.17, 15) is 18.2 Å². The van der Waals surface area contributed by atoms with Crippen molar-refractivity contribution in [2.24, 2.45) is 0 Å². The summed E-state index contributed by atoms with van der Waals surface area (Å²) in [6, 6.07) is 13.5. The van der Waals surface area contributed by atoms with Gasteiger partial charge in [0.1, 0.15) is 22.2 Å². The summed E-state index contributed by atoms with van der Waals surface area (Å²) in [7, 11) is 0.238. The van der Waals surface area contributed by atoms with Gasteiger partial charge < -0.3 is 14.5 Å². The van der Waals surface area contributed by atoms with Gasteiger partial charge in [0.15, 0.2) is 0 Å². The maximum absolute atomic E-state index is 13.6. The number of carbonyl (C=O) groups excluding carboxylic acids is 2. The van der Waals surface area contributed by atoms with Gasteiger partial charge in [-0.15, -0.1) is 0 Å². The first-order valence-corrected chi connectivity index (χ1v) is 11.6. The van der Waals surface area contributed by atoms with Gasteiger partial charge in [-0.2, -0.15) is 0 Å². The van der Waals surface area contributed by atoms with Crippen molar-refractivity contribution >= 4 is 22.6 Å². The number of carbonyl (C=O) groups is 2. The van der Waals surface area contributed by atoms with Crippen LogP contribution in [0.3, 0.4) is 0 Å². The van der Waals surface area contributed by atoms with E-state index in [0.717, 1.165) is 5.56 Å². The van der Waals surface area contributed by atoms with E-state index in [0.29, 0.717) is 37.2 Å². The van der Waals surface area contributed by atoms with Gasteiger partial charge >= 0.3 is 0 Å². The summed E-state index contributed by atoms with van der Waals surface area (Å²) in [6.07, 6.45) is 1.16. The summed E-state index contributed by atoms with van der Waals surface area (Å²) in [5, 5.41) is 0. The molecule has 1 atom stereocenters. The predicted molar refractivity (Wildman–Crippen MR) is 115 cm³/mol. The highest BCUT2D eigenvalue weighted by atomic mass is 32.2. The second kappa shape index (κ2) is 8.78. The summed E-state index contributed by atoms with van der Waals surface area (Å²) < 4.78 is 31.7. The molecule has 0 saturated carbocycles. The van der Waals surface area contributed by atoms with Gasteiger partial charge in [-0.3, -0.25) is 13.8 Å². The van der Waals surface area contributed by atoms with Crippen molar-refractivity contribution in [2.75, 3.05) is 26.0 Å². The van der Waals surface area contributed by atoms with E-state index < -0.39 is 15.7 Å². The molecule has 1 spiro atoms. The third-order valence-electron chi connectivity index (χ3n) is 6.09. The van der Waals surface area contributed by atoms with Gasteiger partial charge in [0.25, 0.3) is 0 Å². The number of halogens is 1. The Bertz CT molecular complexity index is 1020. The Kier molecular flexibility index (Phi) is 6.09. The average molecular weight is 445 g/mol. The SMILES string of the molecule is COc1cccc(CC(=O)N2CCC3(CC2)N(Cc2cccc(F)c2)C(=O)CS3=O)c1. The molecule has 164 valence electrons. The molecule has 31 heavy (non-hydrogen) atoms. The third kappa shape index (κ3) is 4.35. The highest BCUT2D eigenvalue weighted by Gasteiger charge is 2.53. The van der Waals surface area contributed by atoms with E-state index in [1.165, 1.54) is 12.1 Å². The largest absolute Gasteiger partial charge is 0.497 e. The van der Waals surface area contributed by atoms with Crippen LogP contribution in [-0.2, 0) is 33.4 Å². The molecule has 2 fully saturated rings. The smallest absolute Gasteiger partial charge is 0.236 e. The predicted octanol–water partition coefficient (Wildman–Crippen LogP) is 2.49. The topological polar surface area (TPSA) is 66.9 Å². The number of amides is 2. The van der Waals surface area contributed by atoms with Gasteiger partial charge in [0.2, 0.25) is 11.8 Å². The van der Waals surface area contributed by atoms with Crippen molar-refractivity contribution < 1.29 is 22.9 Å². The van der Waals surface area contributed by atoms with Gasteiger partial charge in [-0.25, -0.2) is 4.39 Å². The molecule has 0 aromatic heterocycles. The first kappa shape index (κ1) is 21.5. The molecule has 2 aromatic rings. The van der Waals surface area contributed by atoms with E-state index in [1.807, 2.05) is 24.3 Å². The van der Waals surface area contributed by atoms with Crippen molar-refractivity contribution in [3.63, 3.8) is 0 Å². The summed E-state index contributed by atoms with van der Waals surface area (Å²) in [4.78, 5) is 28.0. The number of methoxy groups -OCH3 is 1. The maximum atomic E-state index is 13.6. The standard InChI is InChI=1S/C23H25FN2O4S/c1-30-20-7-3-4-17(13-20)14-21(27)25-10-8-23(9-11-25)26(22(28)16-31(23)29)15-18-5-2-6-19(24)12-18/h2-7,12-13H,8-11,14-16H2,1H3. The zero-order valence-corrected chi connectivity index (χ0v) is 18.2. The summed E-state index contributed by atoms with van der Waals surface area (Å²) >= 11 is 0. The molecule has 2 aliphatic heterocycles. The highest BCUT2D eigenvalue weighted by Crippen LogP contribution is 2.38. The van der Waals surface area contributed by atoms with Crippen LogP contribution >= 0.6 is 0 Å². The molecule has 2 saturated heterocycles. The Balaban J connectivity index is 1.45. The lowest BCUT2D eigenvalue weighted by atomic mass is 10.00. The van der Waals surface area contributed by atoms with Gasteiger partial charge in [0, 0.05) is 32.5 Å². The van der Waals surface area contributed by atoms with E-state index in [-0.39, 0.29) is 36.4 Å². The fraction of sp³-hybridized carbons (Fsp3) is 0.391. The monoisotopic (exact) mass is 444 g/mol. The summed E-state index contributed by atoms with van der Waals surface area (Å²) in [5.41, 5.74) is 1.54. The molecule has 4 rings (SSSR count). The Morgan fingerprint density at radius 3 is 2.55 bits per heavy atom. The lowest BCUT2D eigenvalue weighted by Crippen LogP contribution is -2.55. The number of rotatable bonds is 5. The molecule has 0 radical (unpaired) electrons. The van der Waals surface area contributed by atoms with E-state index in [4.69, 9.17) is 4.74 Å². The molecule has 6 nitrogen and oxygen atoms in total. The minimum Gasteiger partial charge on any atom is -0.497 e. The van der Waals surface area contributed by atoms with E-state index in [2.05, 4.69) is 0 Å². The Morgan fingerprint density at radius 2 is 1.84 bits per heavy atom. The zero-order chi connectivity index (χ0) is 22.0. The minimum atomic E-state index is -1.35. The molecule has 1 unspecified atom stereocenters. The maximum Gasteiger partial charge on any atom is 0.236 e. The Labute approximate surface area is 183 Å². The van der Waals surface area contributed by atoms with Crippen molar-refractivity contribution in [2.45, 2.75) is 30.7 Å². The molecule has 8 heteroatoms. The number of likely N-dealkylation sites (tertiary alicyclic amines) is 1. The second-order valence-electron chi connectivity index (χ2n) is 7.95. The number of nitrogens with zero attached hydrogens (tertiary/aromatic N) is 2. The van der Waals surface area contributed by atoms with Gasteiger partial charge in [0.05, 0.1) is 24.3 Å². The van der Waals surface area contributed by atoms with Crippen molar-refractivity contribution in [1.29, 1.82) is 0 Å². The fourth-order valence-electron chi connectivity index (χ4n) is 4.40. The van der Waals surface area contributed by atoms with Crippen LogP contribution in [-0.4, -0.2) is 56.6 Å². The van der Waals surface area contributed by atoms with Crippen LogP contribution in [0.15, 0.2) is 48.5 Å². The number of piperidine rings is 1. The van der Waals surface area contributed by atoms with Crippen molar-refractivity contribution in [3.05, 3.63) is 65.5 Å². The van der Waals surface area contributed by atoms with Crippen LogP contribution in [0.1, 0.15) is 24.0 Å². The van der Waals surface area contributed by atoms with Crippen molar-refractivity contribution in [1.82, 2.24) is 9.80 Å². The molecular weight excluding hydrogens is 419 g/mol. The number of benzene rings is 2. The van der Waals surface area contributed by atoms with Crippen molar-refractivity contribution in [3.8, 4) is 5.75 Å². The first-order chi connectivity index (χ1) is 14.9. The molecule has 2 aromatic carbocycles. The Hall–Kier alpha value is -2.74. The lowest BCUT2D eigenvalue weighted by Gasteiger charge is -2.43. The number of ether oxygens (including phenoxy) is 1. The number of hydrogen-bond donors (Lipinski definition) is 0. The first-order valence-electron chi connectivity index (χ1n) is 10.3. The van der Waals surface area contributed by atoms with Crippen LogP contribution in [0.4, 0.5) is 4.39 Å². The molecule has 2 heterocycles. The highest BCUT2D eigenvalue weighted by molar-refractivity contribution is 7.87. The van der Waals surface area contributed by atoms with E-state index in [1.54, 1.807) is 29.0 Å². The fourth-order valence-corrected chi connectivity index (χ4v) is 6.10. The van der Waals surface area contributed by atoms with Crippen LogP contribution in [0.5, 0.6) is 5.75 Å². The second-order valence-corrected chi connectivity index (χ2v) is 9.69.